The molecule has 4 aromatic rings. The van der Waals surface area contributed by atoms with Crippen molar-refractivity contribution in [3.8, 4) is 23.1 Å². The van der Waals surface area contributed by atoms with Crippen LogP contribution in [-0.4, -0.2) is 31.1 Å². The van der Waals surface area contributed by atoms with Gasteiger partial charge in [0.1, 0.15) is 11.9 Å². The molecule has 2 heterocycles. The van der Waals surface area contributed by atoms with Crippen molar-refractivity contribution in [1.29, 1.82) is 5.26 Å². The first kappa shape index (κ1) is 22.2. The smallest absolute Gasteiger partial charge is 0.236 e. The quantitative estimate of drug-likeness (QED) is 0.334. The van der Waals surface area contributed by atoms with Crippen LogP contribution in [0.3, 0.4) is 0 Å². The van der Waals surface area contributed by atoms with E-state index >= 15 is 0 Å². The first-order valence-corrected chi connectivity index (χ1v) is 11.3. The van der Waals surface area contributed by atoms with Crippen LogP contribution in [0.4, 0.5) is 5.82 Å². The SMILES string of the molecule is Cc1ccc(-c2nnc(SCC(=O)Nc3c(C#N)c(C)c(C)n3-c3ccccc3)n2N)cc1. The third kappa shape index (κ3) is 4.33. The number of nitriles is 1. The topological polar surface area (TPSA) is 115 Å². The van der Waals surface area contributed by atoms with Crippen LogP contribution in [0.25, 0.3) is 17.1 Å². The molecule has 0 radical (unpaired) electrons. The highest BCUT2D eigenvalue weighted by Crippen LogP contribution is 2.30. The highest BCUT2D eigenvalue weighted by atomic mass is 32.2. The number of anilines is 1. The Kier molecular flexibility index (Phi) is 6.20. The van der Waals surface area contributed by atoms with Crippen molar-refractivity contribution in [1.82, 2.24) is 19.4 Å². The van der Waals surface area contributed by atoms with Crippen LogP contribution in [-0.2, 0) is 4.79 Å². The maximum Gasteiger partial charge on any atom is 0.236 e. The van der Waals surface area contributed by atoms with Crippen molar-refractivity contribution in [2.24, 2.45) is 0 Å². The Hall–Kier alpha value is -4.03. The summed E-state index contributed by atoms with van der Waals surface area (Å²) in [5.74, 6) is 6.94. The summed E-state index contributed by atoms with van der Waals surface area (Å²) >= 11 is 1.18. The molecule has 0 bridgehead atoms. The molecule has 0 atom stereocenters. The number of nitrogens with one attached hydrogen (secondary N) is 1. The van der Waals surface area contributed by atoms with Gasteiger partial charge in [0.05, 0.1) is 11.3 Å². The van der Waals surface area contributed by atoms with Crippen LogP contribution in [0, 0.1) is 32.1 Å². The largest absolute Gasteiger partial charge is 0.335 e. The summed E-state index contributed by atoms with van der Waals surface area (Å²) in [4.78, 5) is 12.8. The molecule has 8 nitrogen and oxygen atoms in total. The lowest BCUT2D eigenvalue weighted by molar-refractivity contribution is -0.113. The number of rotatable bonds is 6. The maximum atomic E-state index is 12.8. The molecule has 0 fully saturated rings. The number of nitrogens with two attached hydrogens (primary N) is 1. The van der Waals surface area contributed by atoms with Crippen LogP contribution in [0.5, 0.6) is 0 Å². The lowest BCUT2D eigenvalue weighted by Gasteiger charge is -2.13. The average molecular weight is 458 g/mol. The van der Waals surface area contributed by atoms with E-state index in [-0.39, 0.29) is 11.7 Å². The Bertz CT molecular complexity index is 1350. The number of benzene rings is 2. The Balaban J connectivity index is 1.53. The highest BCUT2D eigenvalue weighted by molar-refractivity contribution is 7.99. The Morgan fingerprint density at radius 1 is 1.09 bits per heavy atom. The second-order valence-corrected chi connectivity index (χ2v) is 8.54. The summed E-state index contributed by atoms with van der Waals surface area (Å²) < 4.78 is 3.27. The summed E-state index contributed by atoms with van der Waals surface area (Å²) in [6, 6.07) is 19.6. The number of carbonyl (C=O) groups excluding carboxylic acids is 1. The van der Waals surface area contributed by atoms with Gasteiger partial charge in [-0.25, -0.2) is 4.68 Å². The third-order valence-electron chi connectivity index (χ3n) is 5.40. The number of aryl methyl sites for hydroxylation is 1. The summed E-state index contributed by atoms with van der Waals surface area (Å²) in [5.41, 5.74) is 5.01. The summed E-state index contributed by atoms with van der Waals surface area (Å²) in [6.45, 7) is 5.81. The third-order valence-corrected chi connectivity index (χ3v) is 6.35. The van der Waals surface area contributed by atoms with E-state index in [0.717, 1.165) is 28.1 Å². The van der Waals surface area contributed by atoms with Gasteiger partial charge in [0.2, 0.25) is 11.1 Å². The van der Waals surface area contributed by atoms with E-state index in [0.29, 0.717) is 22.4 Å². The van der Waals surface area contributed by atoms with Crippen molar-refractivity contribution in [2.75, 3.05) is 16.9 Å². The van der Waals surface area contributed by atoms with E-state index in [1.165, 1.54) is 16.4 Å². The fraction of sp³-hybridized carbons (Fsp3) is 0.167. The van der Waals surface area contributed by atoms with Gasteiger partial charge in [0.15, 0.2) is 5.82 Å². The number of aromatic nitrogens is 4. The van der Waals surface area contributed by atoms with Gasteiger partial charge in [0, 0.05) is 16.9 Å². The van der Waals surface area contributed by atoms with E-state index in [1.54, 1.807) is 0 Å². The number of nitrogens with zero attached hydrogens (tertiary/aromatic N) is 5. The molecule has 4 rings (SSSR count). The number of nitrogen functional groups attached to an aromatic ring is 1. The van der Waals surface area contributed by atoms with Crippen LogP contribution in [0.15, 0.2) is 59.8 Å². The number of para-hydroxylation sites is 1. The minimum atomic E-state index is -0.272. The van der Waals surface area contributed by atoms with E-state index in [4.69, 9.17) is 5.84 Å². The van der Waals surface area contributed by atoms with E-state index < -0.39 is 0 Å². The van der Waals surface area contributed by atoms with Gasteiger partial charge in [-0.05, 0) is 38.5 Å². The Morgan fingerprint density at radius 3 is 2.45 bits per heavy atom. The lowest BCUT2D eigenvalue weighted by Crippen LogP contribution is -2.19. The molecule has 0 aliphatic rings. The predicted octanol–water partition coefficient (Wildman–Crippen LogP) is 3.98. The van der Waals surface area contributed by atoms with E-state index in [2.05, 4.69) is 21.6 Å². The van der Waals surface area contributed by atoms with Crippen LogP contribution in [0.2, 0.25) is 0 Å². The van der Waals surface area contributed by atoms with Gasteiger partial charge >= 0.3 is 0 Å². The molecular formula is C24H23N7OS. The molecule has 0 aliphatic heterocycles. The molecule has 1 amide bonds. The van der Waals surface area contributed by atoms with E-state index in [1.807, 2.05) is 79.9 Å². The number of hydrogen-bond donors (Lipinski definition) is 2. The normalized spacial score (nSPS) is 10.7. The van der Waals surface area contributed by atoms with Gasteiger partial charge in [-0.1, -0.05) is 59.8 Å². The molecule has 0 spiro atoms. The molecule has 9 heteroatoms. The molecular weight excluding hydrogens is 434 g/mol. The maximum absolute atomic E-state index is 12.8. The van der Waals surface area contributed by atoms with Crippen molar-refractivity contribution in [3.05, 3.63) is 77.0 Å². The first-order chi connectivity index (χ1) is 15.9. The van der Waals surface area contributed by atoms with Crippen molar-refractivity contribution >= 4 is 23.5 Å². The van der Waals surface area contributed by atoms with Crippen LogP contribution in [0.1, 0.15) is 22.4 Å². The number of carbonyl (C=O) groups is 1. The van der Waals surface area contributed by atoms with Crippen molar-refractivity contribution < 1.29 is 4.79 Å². The average Bonchev–Trinajstić information content (AvgIpc) is 3.30. The van der Waals surface area contributed by atoms with Gasteiger partial charge in [-0.3, -0.25) is 9.36 Å². The number of hydrogen-bond acceptors (Lipinski definition) is 6. The number of amides is 1. The summed E-state index contributed by atoms with van der Waals surface area (Å²) in [7, 11) is 0. The Morgan fingerprint density at radius 2 is 1.79 bits per heavy atom. The van der Waals surface area contributed by atoms with Crippen molar-refractivity contribution in [3.63, 3.8) is 0 Å². The van der Waals surface area contributed by atoms with Gasteiger partial charge in [0.25, 0.3) is 0 Å². The van der Waals surface area contributed by atoms with Gasteiger partial charge < -0.3 is 11.2 Å². The fourth-order valence-corrected chi connectivity index (χ4v) is 4.19. The summed E-state index contributed by atoms with van der Waals surface area (Å²) in [6.07, 6.45) is 0. The Labute approximate surface area is 196 Å². The minimum Gasteiger partial charge on any atom is -0.335 e. The second-order valence-electron chi connectivity index (χ2n) is 7.60. The van der Waals surface area contributed by atoms with Crippen LogP contribution < -0.4 is 11.2 Å². The summed E-state index contributed by atoms with van der Waals surface area (Å²) in [5, 5.41) is 21.3. The molecule has 0 saturated heterocycles. The molecule has 2 aromatic heterocycles. The molecule has 0 unspecified atom stereocenters. The first-order valence-electron chi connectivity index (χ1n) is 10.3. The minimum absolute atomic E-state index is 0.0617. The zero-order valence-corrected chi connectivity index (χ0v) is 19.3. The van der Waals surface area contributed by atoms with Gasteiger partial charge in [-0.2, -0.15) is 5.26 Å². The standard InChI is InChI=1S/C24H23N7OS/c1-15-9-11-18(12-10-15)22-28-29-24(31(22)26)33-14-21(32)27-23-20(13-25)16(2)17(3)30(23)19-7-5-4-6-8-19/h4-12H,14,26H2,1-3H3,(H,27,32). The number of thioether (sulfide) groups is 1. The molecule has 0 aliphatic carbocycles. The zero-order valence-electron chi connectivity index (χ0n) is 18.5. The monoisotopic (exact) mass is 457 g/mol. The molecule has 2 aromatic carbocycles. The molecule has 0 saturated carbocycles. The molecule has 33 heavy (non-hydrogen) atoms. The molecule has 3 N–H and O–H groups in total. The van der Waals surface area contributed by atoms with Crippen LogP contribution >= 0.6 is 11.8 Å². The van der Waals surface area contributed by atoms with Crippen molar-refractivity contribution in [2.45, 2.75) is 25.9 Å². The second kappa shape index (κ2) is 9.22. The predicted molar refractivity (Wildman–Crippen MR) is 130 cm³/mol. The zero-order chi connectivity index (χ0) is 23.5. The molecule has 166 valence electrons. The van der Waals surface area contributed by atoms with Gasteiger partial charge in [-0.15, -0.1) is 10.2 Å². The lowest BCUT2D eigenvalue weighted by atomic mass is 10.1. The highest BCUT2D eigenvalue weighted by Gasteiger charge is 2.21. The fourth-order valence-electron chi connectivity index (χ4n) is 3.53. The van der Waals surface area contributed by atoms with E-state index in [9.17, 15) is 10.1 Å².